The Kier molecular flexibility index (Phi) is 11.8. The quantitative estimate of drug-likeness (QED) is 0.0992. The highest BCUT2D eigenvalue weighted by Gasteiger charge is 2.39. The van der Waals surface area contributed by atoms with Crippen LogP contribution in [0.25, 0.3) is 12.2 Å². The molecule has 1 aliphatic carbocycles. The fourth-order valence-corrected chi connectivity index (χ4v) is 4.88. The van der Waals surface area contributed by atoms with Crippen molar-refractivity contribution in [3.05, 3.63) is 95.3 Å². The summed E-state index contributed by atoms with van der Waals surface area (Å²) < 4.78 is 16.9. The molecule has 4 atom stereocenters. The predicted molar refractivity (Wildman–Crippen MR) is 172 cm³/mol. The molecule has 0 saturated carbocycles. The van der Waals surface area contributed by atoms with Crippen LogP contribution in [0, 0.1) is 11.8 Å². The molecule has 44 heavy (non-hydrogen) atoms. The minimum Gasteiger partial charge on any atom is -0.508 e. The lowest BCUT2D eigenvalue weighted by Gasteiger charge is -2.39. The third-order valence-corrected chi connectivity index (χ3v) is 7.43. The van der Waals surface area contributed by atoms with E-state index in [1.807, 2.05) is 39.8 Å². The summed E-state index contributed by atoms with van der Waals surface area (Å²) in [5.74, 6) is 0.701. The van der Waals surface area contributed by atoms with Gasteiger partial charge in [-0.2, -0.15) is 0 Å². The van der Waals surface area contributed by atoms with Crippen molar-refractivity contribution in [2.24, 2.45) is 11.8 Å². The van der Waals surface area contributed by atoms with Gasteiger partial charge in [0.25, 0.3) is 0 Å². The van der Waals surface area contributed by atoms with E-state index in [-0.39, 0.29) is 34.9 Å². The Morgan fingerprint density at radius 2 is 1.61 bits per heavy atom. The van der Waals surface area contributed by atoms with Gasteiger partial charge in [0.1, 0.15) is 5.76 Å². The normalized spacial score (nSPS) is 20.8. The second-order valence-electron chi connectivity index (χ2n) is 11.4. The number of aliphatic hydroxyl groups excluding tert-OH is 2. The molecule has 8 heteroatoms. The number of aromatic hydroxyl groups is 1. The van der Waals surface area contributed by atoms with Crippen LogP contribution in [0.4, 0.5) is 0 Å². The molecule has 0 aliphatic heterocycles. The Morgan fingerprint density at radius 1 is 0.977 bits per heavy atom. The fourth-order valence-electron chi connectivity index (χ4n) is 4.88. The summed E-state index contributed by atoms with van der Waals surface area (Å²) in [7, 11) is 2.95. The molecule has 0 bridgehead atoms. The van der Waals surface area contributed by atoms with Crippen LogP contribution in [0.15, 0.2) is 84.2 Å². The van der Waals surface area contributed by atoms with Gasteiger partial charge < -0.3 is 29.5 Å². The number of phenols is 1. The van der Waals surface area contributed by atoms with Gasteiger partial charge in [0.05, 0.1) is 20.3 Å². The highest BCUT2D eigenvalue weighted by molar-refractivity contribution is 6.02. The van der Waals surface area contributed by atoms with Gasteiger partial charge in [-0.1, -0.05) is 42.9 Å². The number of benzene rings is 2. The lowest BCUT2D eigenvalue weighted by Crippen LogP contribution is -2.47. The van der Waals surface area contributed by atoms with Crippen LogP contribution < -0.4 is 14.2 Å². The van der Waals surface area contributed by atoms with Crippen molar-refractivity contribution in [1.82, 2.24) is 0 Å². The van der Waals surface area contributed by atoms with E-state index >= 15 is 0 Å². The summed E-state index contributed by atoms with van der Waals surface area (Å²) >= 11 is 0. The van der Waals surface area contributed by atoms with Crippen LogP contribution in [0.1, 0.15) is 51.7 Å². The van der Waals surface area contributed by atoms with Gasteiger partial charge in [-0.25, -0.2) is 0 Å². The largest absolute Gasteiger partial charge is 0.508 e. The maximum Gasteiger partial charge on any atom is 0.182 e. The predicted octanol–water partition coefficient (Wildman–Crippen LogP) is 6.78. The molecule has 0 radical (unpaired) electrons. The molecule has 1 aliphatic rings. The zero-order chi connectivity index (χ0) is 32.4. The Morgan fingerprint density at radius 3 is 2.25 bits per heavy atom. The number of hydrogen-bond acceptors (Lipinski definition) is 8. The Labute approximate surface area is 259 Å². The average molecular weight is 603 g/mol. The van der Waals surface area contributed by atoms with E-state index in [9.17, 15) is 24.9 Å². The SMILES string of the molecule is COc1cc(/C=C/C(=O)/C=C(O)/C=C\c2ccc(O[C@]3(C)C=C[C@@H]([C@@H](C)CC(=O)C=C(C)C)C[C@@H]3O)c(OC)c2)ccc1O. The van der Waals surface area contributed by atoms with Crippen molar-refractivity contribution in [3.8, 4) is 23.0 Å². The molecule has 234 valence electrons. The number of hydrogen-bond donors (Lipinski definition) is 3. The molecular formula is C36H42O8. The van der Waals surface area contributed by atoms with E-state index in [1.165, 1.54) is 32.4 Å². The smallest absolute Gasteiger partial charge is 0.182 e. The number of aliphatic hydroxyl groups is 2. The molecule has 0 unspecified atom stereocenters. The van der Waals surface area contributed by atoms with Crippen LogP contribution in [0.2, 0.25) is 0 Å². The number of ether oxygens (including phenoxy) is 3. The highest BCUT2D eigenvalue weighted by atomic mass is 16.5. The molecular weight excluding hydrogens is 560 g/mol. The number of phenolic OH excluding ortho intramolecular Hbond substituents is 1. The molecule has 3 N–H and O–H groups in total. The third kappa shape index (κ3) is 9.47. The average Bonchev–Trinajstić information content (AvgIpc) is 2.97. The van der Waals surface area contributed by atoms with Gasteiger partial charge in [0.15, 0.2) is 40.2 Å². The summed E-state index contributed by atoms with van der Waals surface area (Å²) in [6.07, 6.45) is 12.6. The standard InChI is InChI=1S/C36H42O8/c1-23(2)17-30(39)18-24(3)27-15-16-36(4,35(41)21-27)44-32-14-10-26(20-34(32)43-6)8-12-29(38)22-28(37)11-7-25-9-13-31(40)33(19-25)42-5/h7-17,19-20,22,24,27,35,38,40-41H,18,21H2,1-6H3/b11-7+,12-8-,29-22-/t24-,27+,35-,36+/m0/s1. The van der Waals surface area contributed by atoms with E-state index in [1.54, 1.807) is 48.6 Å². The number of carbonyl (C=O) groups is 2. The monoisotopic (exact) mass is 602 g/mol. The van der Waals surface area contributed by atoms with E-state index in [2.05, 4.69) is 0 Å². The number of methoxy groups -OCH3 is 2. The van der Waals surface area contributed by atoms with Gasteiger partial charge in [0.2, 0.25) is 0 Å². The van der Waals surface area contributed by atoms with Gasteiger partial charge in [-0.15, -0.1) is 0 Å². The third-order valence-electron chi connectivity index (χ3n) is 7.43. The topological polar surface area (TPSA) is 123 Å². The fraction of sp³-hybridized carbons (Fsp3) is 0.333. The minimum atomic E-state index is -0.995. The zero-order valence-corrected chi connectivity index (χ0v) is 26.1. The molecule has 0 fully saturated rings. The lowest BCUT2D eigenvalue weighted by atomic mass is 9.76. The van der Waals surface area contributed by atoms with Crippen molar-refractivity contribution in [1.29, 1.82) is 0 Å². The number of allylic oxidation sites excluding steroid dienone is 6. The molecule has 0 spiro atoms. The Hall–Kier alpha value is -4.56. The first-order valence-corrected chi connectivity index (χ1v) is 14.4. The summed E-state index contributed by atoms with van der Waals surface area (Å²) in [6.45, 7) is 7.63. The van der Waals surface area contributed by atoms with Crippen molar-refractivity contribution in [2.45, 2.75) is 52.2 Å². The lowest BCUT2D eigenvalue weighted by molar-refractivity contribution is -0.116. The van der Waals surface area contributed by atoms with Crippen LogP contribution in [0.5, 0.6) is 23.0 Å². The second-order valence-corrected chi connectivity index (χ2v) is 11.4. The maximum absolute atomic E-state index is 12.3. The second kappa shape index (κ2) is 15.3. The first-order chi connectivity index (χ1) is 20.8. The van der Waals surface area contributed by atoms with E-state index in [0.29, 0.717) is 35.5 Å². The van der Waals surface area contributed by atoms with Crippen LogP contribution in [-0.4, -0.2) is 52.8 Å². The highest BCUT2D eigenvalue weighted by Crippen LogP contribution is 2.38. The van der Waals surface area contributed by atoms with E-state index < -0.39 is 17.5 Å². The molecule has 2 aromatic rings. The molecule has 0 aromatic heterocycles. The molecule has 8 nitrogen and oxygen atoms in total. The molecule has 0 amide bonds. The van der Waals surface area contributed by atoms with Crippen LogP contribution in [0.3, 0.4) is 0 Å². The van der Waals surface area contributed by atoms with Crippen molar-refractivity contribution in [2.75, 3.05) is 14.2 Å². The van der Waals surface area contributed by atoms with Gasteiger partial charge >= 0.3 is 0 Å². The van der Waals surface area contributed by atoms with E-state index in [0.717, 1.165) is 11.6 Å². The number of carbonyl (C=O) groups excluding carboxylic acids is 2. The van der Waals surface area contributed by atoms with Crippen molar-refractivity contribution in [3.63, 3.8) is 0 Å². The number of ketones is 2. The zero-order valence-electron chi connectivity index (χ0n) is 26.1. The molecule has 3 rings (SSSR count). The van der Waals surface area contributed by atoms with Gasteiger partial charge in [0, 0.05) is 12.5 Å². The summed E-state index contributed by atoms with van der Waals surface area (Å²) in [5.41, 5.74) is 1.31. The van der Waals surface area contributed by atoms with Crippen LogP contribution in [-0.2, 0) is 9.59 Å². The minimum absolute atomic E-state index is 0.00306. The van der Waals surface area contributed by atoms with Crippen LogP contribution >= 0.6 is 0 Å². The van der Waals surface area contributed by atoms with Crippen molar-refractivity contribution < 1.29 is 39.1 Å². The summed E-state index contributed by atoms with van der Waals surface area (Å²) in [5, 5.41) is 31.0. The Balaban J connectivity index is 1.66. The molecule has 0 saturated heterocycles. The summed E-state index contributed by atoms with van der Waals surface area (Å²) in [4.78, 5) is 24.5. The van der Waals surface area contributed by atoms with Crippen molar-refractivity contribution >= 4 is 23.7 Å². The Bertz CT molecular complexity index is 1490. The summed E-state index contributed by atoms with van der Waals surface area (Å²) in [6, 6.07) is 9.89. The first-order valence-electron chi connectivity index (χ1n) is 14.4. The first kappa shape index (κ1) is 33.9. The molecule has 0 heterocycles. The molecule has 2 aromatic carbocycles. The number of rotatable bonds is 13. The maximum atomic E-state index is 12.3. The van der Waals surface area contributed by atoms with E-state index in [4.69, 9.17) is 14.2 Å². The van der Waals surface area contributed by atoms with Gasteiger partial charge in [-0.3, -0.25) is 9.59 Å². The van der Waals surface area contributed by atoms with Gasteiger partial charge in [-0.05, 0) is 98.7 Å².